The second-order valence-electron chi connectivity index (χ2n) is 3.70. The van der Waals surface area contributed by atoms with E-state index in [2.05, 4.69) is 10.3 Å². The van der Waals surface area contributed by atoms with Gasteiger partial charge in [0.1, 0.15) is 11.6 Å². The minimum Gasteiger partial charge on any atom is -0.370 e. The summed E-state index contributed by atoms with van der Waals surface area (Å²) in [5, 5.41) is 3.02. The molecule has 0 aliphatic heterocycles. The maximum Gasteiger partial charge on any atom is 0.390 e. The average Bonchev–Trinajstić information content (AvgIpc) is 2.26. The first kappa shape index (κ1) is 13.6. The van der Waals surface area contributed by atoms with Gasteiger partial charge in [-0.1, -0.05) is 6.07 Å². The Kier molecular flexibility index (Phi) is 4.60. The molecule has 0 unspecified atom stereocenters. The molecule has 0 atom stereocenters. The number of hydrogen-bond acceptors (Lipinski definition) is 3. The molecule has 0 bridgehead atoms. The normalized spacial score (nSPS) is 11.4. The molecule has 0 fully saturated rings. The number of nitrogens with zero attached hydrogens (tertiary/aromatic N) is 2. The molecule has 1 heterocycles. The second kappa shape index (κ2) is 5.75. The van der Waals surface area contributed by atoms with Gasteiger partial charge in [0.15, 0.2) is 0 Å². The fourth-order valence-electron chi connectivity index (χ4n) is 1.32. The molecule has 0 amide bonds. The van der Waals surface area contributed by atoms with Gasteiger partial charge in [0, 0.05) is 20.1 Å². The molecule has 1 N–H and O–H groups in total. The Labute approximate surface area is 98.6 Å². The van der Waals surface area contributed by atoms with Crippen LogP contribution in [0.3, 0.4) is 0 Å². The molecule has 0 saturated carbocycles. The summed E-state index contributed by atoms with van der Waals surface area (Å²) in [4.78, 5) is 5.70. The Morgan fingerprint density at radius 1 is 1.35 bits per heavy atom. The van der Waals surface area contributed by atoms with Gasteiger partial charge in [0.25, 0.3) is 0 Å². The molecule has 1 aromatic heterocycles. The molecular weight excluding hydrogens is 231 g/mol. The number of pyridine rings is 1. The first-order chi connectivity index (χ1) is 7.92. The van der Waals surface area contributed by atoms with Crippen molar-refractivity contribution in [1.82, 2.24) is 4.98 Å². The summed E-state index contributed by atoms with van der Waals surface area (Å²) in [5.41, 5.74) is 0. The highest BCUT2D eigenvalue weighted by atomic mass is 19.4. The zero-order valence-electron chi connectivity index (χ0n) is 9.88. The van der Waals surface area contributed by atoms with Crippen LogP contribution in [0.4, 0.5) is 24.8 Å². The minimum atomic E-state index is -4.13. The monoisotopic (exact) mass is 247 g/mol. The first-order valence-corrected chi connectivity index (χ1v) is 5.41. The van der Waals surface area contributed by atoms with Crippen molar-refractivity contribution in [3.63, 3.8) is 0 Å². The SMILES string of the molecule is CCNc1cccc(N(C)CCC(F)(F)F)n1. The van der Waals surface area contributed by atoms with E-state index in [1.165, 1.54) is 4.90 Å². The molecular formula is C11H16F3N3. The van der Waals surface area contributed by atoms with Crippen LogP contribution in [0.2, 0.25) is 0 Å². The van der Waals surface area contributed by atoms with Crippen molar-refractivity contribution >= 4 is 11.6 Å². The highest BCUT2D eigenvalue weighted by molar-refractivity contribution is 5.46. The average molecular weight is 247 g/mol. The lowest BCUT2D eigenvalue weighted by molar-refractivity contribution is -0.132. The van der Waals surface area contributed by atoms with E-state index in [0.29, 0.717) is 11.6 Å². The van der Waals surface area contributed by atoms with Gasteiger partial charge in [-0.2, -0.15) is 13.2 Å². The van der Waals surface area contributed by atoms with E-state index in [1.54, 1.807) is 25.2 Å². The number of anilines is 2. The molecule has 96 valence electrons. The van der Waals surface area contributed by atoms with E-state index in [0.717, 1.165) is 6.54 Å². The van der Waals surface area contributed by atoms with Crippen molar-refractivity contribution < 1.29 is 13.2 Å². The largest absolute Gasteiger partial charge is 0.390 e. The third-order valence-corrected chi connectivity index (χ3v) is 2.21. The van der Waals surface area contributed by atoms with Gasteiger partial charge >= 0.3 is 6.18 Å². The van der Waals surface area contributed by atoms with E-state index >= 15 is 0 Å². The summed E-state index contributed by atoms with van der Waals surface area (Å²) in [6.07, 6.45) is -4.97. The summed E-state index contributed by atoms with van der Waals surface area (Å²) in [5.74, 6) is 1.21. The summed E-state index contributed by atoms with van der Waals surface area (Å²) in [6.45, 7) is 2.57. The molecule has 1 rings (SSSR count). The Bertz CT molecular complexity index is 352. The lowest BCUT2D eigenvalue weighted by atomic mass is 10.3. The molecule has 0 aliphatic carbocycles. The molecule has 0 radical (unpaired) electrons. The molecule has 0 saturated heterocycles. The van der Waals surface area contributed by atoms with Crippen LogP contribution in [0.25, 0.3) is 0 Å². The van der Waals surface area contributed by atoms with Gasteiger partial charge in [-0.15, -0.1) is 0 Å². The lowest BCUT2D eigenvalue weighted by Crippen LogP contribution is -2.24. The van der Waals surface area contributed by atoms with Crippen molar-refractivity contribution in [1.29, 1.82) is 0 Å². The predicted octanol–water partition coefficient (Wildman–Crippen LogP) is 2.90. The summed E-state index contributed by atoms with van der Waals surface area (Å²) in [7, 11) is 1.60. The Morgan fingerprint density at radius 3 is 2.65 bits per heavy atom. The van der Waals surface area contributed by atoms with E-state index in [4.69, 9.17) is 0 Å². The summed E-state index contributed by atoms with van der Waals surface area (Å²) >= 11 is 0. The number of aromatic nitrogens is 1. The summed E-state index contributed by atoms with van der Waals surface area (Å²) < 4.78 is 36.2. The standard InChI is InChI=1S/C11H16F3N3/c1-3-15-9-5-4-6-10(16-9)17(2)8-7-11(12,13)14/h4-6H,3,7-8H2,1-2H3,(H,15,16). The third-order valence-electron chi connectivity index (χ3n) is 2.21. The molecule has 0 spiro atoms. The lowest BCUT2D eigenvalue weighted by Gasteiger charge is -2.19. The quantitative estimate of drug-likeness (QED) is 0.867. The topological polar surface area (TPSA) is 28.2 Å². The minimum absolute atomic E-state index is 0.0912. The van der Waals surface area contributed by atoms with Gasteiger partial charge in [-0.05, 0) is 19.1 Å². The Balaban J connectivity index is 2.62. The first-order valence-electron chi connectivity index (χ1n) is 5.41. The van der Waals surface area contributed by atoms with Crippen LogP contribution in [0, 0.1) is 0 Å². The van der Waals surface area contributed by atoms with Crippen molar-refractivity contribution in [2.45, 2.75) is 19.5 Å². The van der Waals surface area contributed by atoms with Crippen LogP contribution in [-0.2, 0) is 0 Å². The van der Waals surface area contributed by atoms with Gasteiger partial charge in [0.05, 0.1) is 6.42 Å². The van der Waals surface area contributed by atoms with Crippen molar-refractivity contribution in [3.8, 4) is 0 Å². The van der Waals surface area contributed by atoms with Crippen LogP contribution < -0.4 is 10.2 Å². The van der Waals surface area contributed by atoms with Crippen LogP contribution >= 0.6 is 0 Å². The van der Waals surface area contributed by atoms with Gasteiger partial charge in [-0.25, -0.2) is 4.98 Å². The van der Waals surface area contributed by atoms with Crippen LogP contribution in [0.5, 0.6) is 0 Å². The van der Waals surface area contributed by atoms with Crippen molar-refractivity contribution in [2.24, 2.45) is 0 Å². The molecule has 17 heavy (non-hydrogen) atoms. The third kappa shape index (κ3) is 4.93. The smallest absolute Gasteiger partial charge is 0.370 e. The second-order valence-corrected chi connectivity index (χ2v) is 3.70. The van der Waals surface area contributed by atoms with E-state index in [1.807, 2.05) is 6.92 Å². The number of hydrogen-bond donors (Lipinski definition) is 1. The molecule has 1 aromatic rings. The maximum atomic E-state index is 12.1. The van der Waals surface area contributed by atoms with E-state index in [9.17, 15) is 13.2 Å². The Hall–Kier alpha value is -1.46. The van der Waals surface area contributed by atoms with Crippen molar-refractivity contribution in [3.05, 3.63) is 18.2 Å². The van der Waals surface area contributed by atoms with E-state index in [-0.39, 0.29) is 6.54 Å². The van der Waals surface area contributed by atoms with Crippen LogP contribution in [-0.4, -0.2) is 31.3 Å². The number of rotatable bonds is 5. The number of nitrogens with one attached hydrogen (secondary N) is 1. The van der Waals surface area contributed by atoms with Crippen molar-refractivity contribution in [2.75, 3.05) is 30.4 Å². The highest BCUT2D eigenvalue weighted by Gasteiger charge is 2.27. The fourth-order valence-corrected chi connectivity index (χ4v) is 1.32. The van der Waals surface area contributed by atoms with Crippen LogP contribution in [0.1, 0.15) is 13.3 Å². The number of alkyl halides is 3. The van der Waals surface area contributed by atoms with Gasteiger partial charge in [0.2, 0.25) is 0 Å². The molecule has 6 heteroatoms. The fraction of sp³-hybridized carbons (Fsp3) is 0.545. The van der Waals surface area contributed by atoms with Crippen LogP contribution in [0.15, 0.2) is 18.2 Å². The molecule has 0 aliphatic rings. The highest BCUT2D eigenvalue weighted by Crippen LogP contribution is 2.21. The predicted molar refractivity (Wildman–Crippen MR) is 62.3 cm³/mol. The number of halogens is 3. The Morgan fingerprint density at radius 2 is 2.06 bits per heavy atom. The van der Waals surface area contributed by atoms with Gasteiger partial charge in [-0.3, -0.25) is 0 Å². The zero-order valence-corrected chi connectivity index (χ0v) is 9.88. The molecule has 0 aromatic carbocycles. The van der Waals surface area contributed by atoms with Gasteiger partial charge < -0.3 is 10.2 Å². The molecule has 3 nitrogen and oxygen atoms in total. The zero-order chi connectivity index (χ0) is 12.9. The maximum absolute atomic E-state index is 12.1. The van der Waals surface area contributed by atoms with E-state index < -0.39 is 12.6 Å². The summed E-state index contributed by atoms with van der Waals surface area (Å²) in [6, 6.07) is 5.24.